The fourth-order valence-corrected chi connectivity index (χ4v) is 1.88. The van der Waals surface area contributed by atoms with Gasteiger partial charge in [-0.05, 0) is 36.0 Å². The molecule has 0 saturated carbocycles. The van der Waals surface area contributed by atoms with E-state index in [9.17, 15) is 14.0 Å². The van der Waals surface area contributed by atoms with Crippen molar-refractivity contribution < 1.29 is 14.0 Å². The molecule has 0 unspecified atom stereocenters. The van der Waals surface area contributed by atoms with Crippen LogP contribution in [0.2, 0.25) is 0 Å². The lowest BCUT2D eigenvalue weighted by molar-refractivity contribution is -0.118. The van der Waals surface area contributed by atoms with E-state index in [1.165, 1.54) is 24.3 Å². The summed E-state index contributed by atoms with van der Waals surface area (Å²) in [5.41, 5.74) is 0.596. The molecular weight excluding hydrogens is 219 g/mol. The Morgan fingerprint density at radius 1 is 1.27 bits per heavy atom. The molecular formula is C9H7FN2O2S. The first-order valence-electron chi connectivity index (χ1n) is 4.19. The molecule has 2 amide bonds. The number of hydrogen-bond acceptors (Lipinski definition) is 4. The molecule has 1 aliphatic rings. The van der Waals surface area contributed by atoms with Crippen LogP contribution >= 0.6 is 11.8 Å². The molecule has 78 valence electrons. The van der Waals surface area contributed by atoms with Crippen molar-refractivity contribution in [3.05, 3.63) is 30.1 Å². The van der Waals surface area contributed by atoms with Crippen LogP contribution in [0, 0.1) is 5.82 Å². The molecule has 1 saturated heterocycles. The number of hydrogen-bond donors (Lipinski definition) is 2. The number of halogens is 1. The van der Waals surface area contributed by atoms with Gasteiger partial charge in [-0.15, -0.1) is 0 Å². The number of rotatable bonds is 2. The first-order valence-corrected chi connectivity index (χ1v) is 5.07. The topological polar surface area (TPSA) is 58.2 Å². The van der Waals surface area contributed by atoms with Gasteiger partial charge in [0, 0.05) is 5.69 Å². The van der Waals surface area contributed by atoms with Crippen molar-refractivity contribution in [1.29, 1.82) is 0 Å². The fraction of sp³-hybridized carbons (Fsp3) is 0.111. The molecule has 0 radical (unpaired) electrons. The second-order valence-corrected chi connectivity index (χ2v) is 4.00. The van der Waals surface area contributed by atoms with Gasteiger partial charge in [0.15, 0.2) is 5.37 Å². The summed E-state index contributed by atoms with van der Waals surface area (Å²) < 4.78 is 12.6. The summed E-state index contributed by atoms with van der Waals surface area (Å²) in [6.07, 6.45) is 0. The lowest BCUT2D eigenvalue weighted by Gasteiger charge is -2.09. The Balaban J connectivity index is 2.06. The van der Waals surface area contributed by atoms with Crippen LogP contribution in [-0.4, -0.2) is 16.5 Å². The zero-order chi connectivity index (χ0) is 10.8. The highest BCUT2D eigenvalue weighted by Gasteiger charge is 2.31. The molecule has 2 N–H and O–H groups in total. The van der Waals surface area contributed by atoms with E-state index in [0.717, 1.165) is 11.8 Å². The molecule has 0 aliphatic carbocycles. The first-order chi connectivity index (χ1) is 7.15. The van der Waals surface area contributed by atoms with Crippen LogP contribution in [0.1, 0.15) is 0 Å². The molecule has 1 fully saturated rings. The third-order valence-corrected chi connectivity index (χ3v) is 2.71. The number of thioether (sulfide) groups is 1. The highest BCUT2D eigenvalue weighted by molar-refractivity contribution is 8.15. The van der Waals surface area contributed by atoms with Gasteiger partial charge in [0.25, 0.3) is 11.1 Å². The van der Waals surface area contributed by atoms with Crippen LogP contribution in [-0.2, 0) is 4.79 Å². The van der Waals surface area contributed by atoms with E-state index < -0.39 is 5.37 Å². The molecule has 1 heterocycles. The molecule has 2 rings (SSSR count). The molecule has 1 aromatic rings. The van der Waals surface area contributed by atoms with Gasteiger partial charge in [-0.2, -0.15) is 0 Å². The molecule has 6 heteroatoms. The summed E-state index contributed by atoms with van der Waals surface area (Å²) in [5, 5.41) is 3.95. The monoisotopic (exact) mass is 226 g/mol. The number of amides is 2. The maximum Gasteiger partial charge on any atom is 0.288 e. The lowest BCUT2D eigenvalue weighted by Crippen LogP contribution is -2.29. The second-order valence-electron chi connectivity index (χ2n) is 2.93. The number of nitrogens with one attached hydrogen (secondary N) is 2. The minimum atomic E-state index is -0.636. The van der Waals surface area contributed by atoms with E-state index in [-0.39, 0.29) is 17.0 Å². The van der Waals surface area contributed by atoms with Crippen molar-refractivity contribution in [3.63, 3.8) is 0 Å². The Bertz CT molecular complexity index is 407. The highest BCUT2D eigenvalue weighted by atomic mass is 32.2. The van der Waals surface area contributed by atoms with Crippen molar-refractivity contribution in [1.82, 2.24) is 5.32 Å². The quantitative estimate of drug-likeness (QED) is 0.803. The second kappa shape index (κ2) is 3.90. The average Bonchev–Trinajstić information content (AvgIpc) is 2.49. The summed E-state index contributed by atoms with van der Waals surface area (Å²) >= 11 is 0.868. The maximum absolute atomic E-state index is 12.6. The highest BCUT2D eigenvalue weighted by Crippen LogP contribution is 2.21. The largest absolute Gasteiger partial charge is 0.365 e. The van der Waals surface area contributed by atoms with E-state index in [4.69, 9.17) is 0 Å². The van der Waals surface area contributed by atoms with Crippen molar-refractivity contribution >= 4 is 28.6 Å². The Morgan fingerprint density at radius 3 is 2.47 bits per heavy atom. The van der Waals surface area contributed by atoms with Crippen LogP contribution in [0.25, 0.3) is 0 Å². The van der Waals surface area contributed by atoms with Crippen molar-refractivity contribution in [2.75, 3.05) is 5.32 Å². The van der Waals surface area contributed by atoms with E-state index >= 15 is 0 Å². The SMILES string of the molecule is O=C1NC(=O)[C@H](Nc2ccc(F)cc2)S1. The Labute approximate surface area is 89.2 Å². The minimum Gasteiger partial charge on any atom is -0.365 e. The summed E-state index contributed by atoms with van der Waals surface area (Å²) in [6, 6.07) is 5.57. The van der Waals surface area contributed by atoms with E-state index in [2.05, 4.69) is 10.6 Å². The van der Waals surface area contributed by atoms with Gasteiger partial charge in [-0.25, -0.2) is 4.39 Å². The van der Waals surface area contributed by atoms with E-state index in [0.29, 0.717) is 5.69 Å². The lowest BCUT2D eigenvalue weighted by atomic mass is 10.3. The van der Waals surface area contributed by atoms with Crippen LogP contribution in [0.4, 0.5) is 14.9 Å². The standard InChI is InChI=1S/C9H7FN2O2S/c10-5-1-3-6(4-2-5)11-8-7(13)12-9(14)15-8/h1-4,8,11H,(H,12,13,14)/t8-/m1/s1. The predicted octanol–water partition coefficient (Wildman–Crippen LogP) is 1.55. The van der Waals surface area contributed by atoms with Gasteiger partial charge < -0.3 is 5.32 Å². The zero-order valence-corrected chi connectivity index (χ0v) is 8.31. The number of carbonyl (C=O) groups is 2. The molecule has 1 aliphatic heterocycles. The number of benzene rings is 1. The first kappa shape index (κ1) is 9.97. The van der Waals surface area contributed by atoms with Gasteiger partial charge in [0.05, 0.1) is 0 Å². The van der Waals surface area contributed by atoms with Gasteiger partial charge in [0.2, 0.25) is 0 Å². The van der Waals surface area contributed by atoms with Gasteiger partial charge in [0.1, 0.15) is 5.82 Å². The van der Waals surface area contributed by atoms with Crippen molar-refractivity contribution in [3.8, 4) is 0 Å². The number of anilines is 1. The molecule has 15 heavy (non-hydrogen) atoms. The minimum absolute atomic E-state index is 0.347. The summed E-state index contributed by atoms with van der Waals surface area (Å²) in [7, 11) is 0. The summed E-state index contributed by atoms with van der Waals surface area (Å²) in [6.45, 7) is 0. The average molecular weight is 226 g/mol. The Kier molecular flexibility index (Phi) is 2.59. The molecule has 0 aromatic heterocycles. The molecule has 0 bridgehead atoms. The predicted molar refractivity (Wildman–Crippen MR) is 54.9 cm³/mol. The van der Waals surface area contributed by atoms with E-state index in [1.54, 1.807) is 0 Å². The zero-order valence-electron chi connectivity index (χ0n) is 7.49. The number of imide groups is 1. The van der Waals surface area contributed by atoms with Crippen LogP contribution in [0.5, 0.6) is 0 Å². The third-order valence-electron chi connectivity index (χ3n) is 1.83. The van der Waals surface area contributed by atoms with E-state index in [1.807, 2.05) is 0 Å². The third kappa shape index (κ3) is 2.27. The Morgan fingerprint density at radius 2 is 1.93 bits per heavy atom. The molecule has 1 aromatic carbocycles. The van der Waals surface area contributed by atoms with Crippen molar-refractivity contribution in [2.45, 2.75) is 5.37 Å². The molecule has 1 atom stereocenters. The van der Waals surface area contributed by atoms with Crippen LogP contribution in [0.15, 0.2) is 24.3 Å². The normalized spacial score (nSPS) is 20.2. The molecule has 0 spiro atoms. The van der Waals surface area contributed by atoms with Gasteiger partial charge >= 0.3 is 0 Å². The van der Waals surface area contributed by atoms with Gasteiger partial charge in [-0.1, -0.05) is 0 Å². The Hall–Kier alpha value is -1.56. The summed E-state index contributed by atoms with van der Waals surface area (Å²) in [5.74, 6) is -0.727. The fourth-order valence-electron chi connectivity index (χ4n) is 1.15. The van der Waals surface area contributed by atoms with Gasteiger partial charge in [-0.3, -0.25) is 14.9 Å². The van der Waals surface area contributed by atoms with Crippen molar-refractivity contribution in [2.24, 2.45) is 0 Å². The number of carbonyl (C=O) groups excluding carboxylic acids is 2. The maximum atomic E-state index is 12.6. The van der Waals surface area contributed by atoms with Crippen LogP contribution < -0.4 is 10.6 Å². The molecule has 4 nitrogen and oxygen atoms in total. The summed E-state index contributed by atoms with van der Waals surface area (Å²) in [4.78, 5) is 22.0. The van der Waals surface area contributed by atoms with Crippen LogP contribution in [0.3, 0.4) is 0 Å². The smallest absolute Gasteiger partial charge is 0.288 e.